The lowest BCUT2D eigenvalue weighted by atomic mass is 9.91. The van der Waals surface area contributed by atoms with E-state index in [9.17, 15) is 4.79 Å². The molecule has 0 aromatic rings. The minimum atomic E-state index is -0.626. The monoisotopic (exact) mass is 213 g/mol. The molecule has 0 aromatic heterocycles. The number of nitrogens with zero attached hydrogens (tertiary/aromatic N) is 1. The molecule has 1 fully saturated rings. The van der Waals surface area contributed by atoms with Gasteiger partial charge in [-0.15, -0.1) is 0 Å². The molecule has 1 aliphatic rings. The maximum Gasteiger partial charge on any atom is 0.306 e. The lowest BCUT2D eigenvalue weighted by Gasteiger charge is -2.36. The van der Waals surface area contributed by atoms with E-state index in [-0.39, 0.29) is 5.92 Å². The van der Waals surface area contributed by atoms with E-state index in [4.69, 9.17) is 5.11 Å². The summed E-state index contributed by atoms with van der Waals surface area (Å²) >= 11 is 0. The van der Waals surface area contributed by atoms with E-state index in [1.807, 2.05) is 6.92 Å². The van der Waals surface area contributed by atoms with E-state index >= 15 is 0 Å². The third-order valence-electron chi connectivity index (χ3n) is 3.55. The summed E-state index contributed by atoms with van der Waals surface area (Å²) in [7, 11) is 0. The van der Waals surface area contributed by atoms with Crippen LogP contribution in [0, 0.1) is 5.92 Å². The molecule has 1 heterocycles. The van der Waals surface area contributed by atoms with Crippen molar-refractivity contribution in [1.82, 2.24) is 4.90 Å². The normalized spacial score (nSPS) is 25.1. The summed E-state index contributed by atoms with van der Waals surface area (Å²) in [6.45, 7) is 6.34. The van der Waals surface area contributed by atoms with Gasteiger partial charge in [-0.1, -0.05) is 20.3 Å². The number of likely N-dealkylation sites (tertiary alicyclic amines) is 1. The van der Waals surface area contributed by atoms with E-state index < -0.39 is 5.97 Å². The van der Waals surface area contributed by atoms with E-state index in [1.165, 1.54) is 19.3 Å². The van der Waals surface area contributed by atoms with Gasteiger partial charge in [0.1, 0.15) is 0 Å². The number of hydrogen-bond acceptors (Lipinski definition) is 2. The lowest BCUT2D eigenvalue weighted by molar-refractivity contribution is -0.142. The van der Waals surface area contributed by atoms with Gasteiger partial charge in [-0.3, -0.25) is 4.79 Å². The third kappa shape index (κ3) is 3.49. The van der Waals surface area contributed by atoms with Gasteiger partial charge in [-0.25, -0.2) is 0 Å². The van der Waals surface area contributed by atoms with Crippen LogP contribution in [-0.4, -0.2) is 35.1 Å². The van der Waals surface area contributed by atoms with Crippen molar-refractivity contribution >= 4 is 5.97 Å². The van der Waals surface area contributed by atoms with Crippen molar-refractivity contribution in [1.29, 1.82) is 0 Å². The van der Waals surface area contributed by atoms with Crippen LogP contribution in [0.1, 0.15) is 46.0 Å². The summed E-state index contributed by atoms with van der Waals surface area (Å²) in [5, 5.41) is 9.04. The Morgan fingerprint density at radius 2 is 2.20 bits per heavy atom. The molecule has 0 saturated carbocycles. The first-order valence-corrected chi connectivity index (χ1v) is 6.15. The lowest BCUT2D eigenvalue weighted by Crippen LogP contribution is -2.41. The van der Waals surface area contributed by atoms with Crippen LogP contribution < -0.4 is 0 Å². The molecule has 1 saturated heterocycles. The van der Waals surface area contributed by atoms with E-state index in [0.717, 1.165) is 25.9 Å². The van der Waals surface area contributed by atoms with Gasteiger partial charge in [-0.2, -0.15) is 0 Å². The highest BCUT2D eigenvalue weighted by Crippen LogP contribution is 2.24. The van der Waals surface area contributed by atoms with Crippen LogP contribution >= 0.6 is 0 Å². The summed E-state index contributed by atoms with van der Waals surface area (Å²) in [5.41, 5.74) is 0. The fraction of sp³-hybridized carbons (Fsp3) is 0.917. The fourth-order valence-electron chi connectivity index (χ4n) is 2.51. The van der Waals surface area contributed by atoms with E-state index in [1.54, 1.807) is 0 Å². The molecule has 3 nitrogen and oxygen atoms in total. The highest BCUT2D eigenvalue weighted by molar-refractivity contribution is 5.69. The SMILES string of the molecule is CCC(CC1CCCCN1CC)C(=O)O. The second-order valence-electron chi connectivity index (χ2n) is 4.46. The molecule has 0 aromatic carbocycles. The molecule has 0 radical (unpaired) electrons. The second-order valence-corrected chi connectivity index (χ2v) is 4.46. The molecular weight excluding hydrogens is 190 g/mol. The quantitative estimate of drug-likeness (QED) is 0.762. The van der Waals surface area contributed by atoms with Gasteiger partial charge in [0.2, 0.25) is 0 Å². The molecule has 0 bridgehead atoms. The Morgan fingerprint density at radius 3 is 2.73 bits per heavy atom. The van der Waals surface area contributed by atoms with Crippen molar-refractivity contribution in [3.05, 3.63) is 0 Å². The van der Waals surface area contributed by atoms with Crippen molar-refractivity contribution < 1.29 is 9.90 Å². The van der Waals surface area contributed by atoms with Crippen LogP contribution in [-0.2, 0) is 4.79 Å². The minimum absolute atomic E-state index is 0.151. The fourth-order valence-corrected chi connectivity index (χ4v) is 2.51. The van der Waals surface area contributed by atoms with Crippen molar-refractivity contribution in [2.45, 2.75) is 52.0 Å². The van der Waals surface area contributed by atoms with Crippen molar-refractivity contribution in [2.75, 3.05) is 13.1 Å². The first kappa shape index (κ1) is 12.5. The van der Waals surface area contributed by atoms with Gasteiger partial charge in [0.15, 0.2) is 0 Å². The zero-order valence-corrected chi connectivity index (χ0v) is 9.91. The Hall–Kier alpha value is -0.570. The molecule has 1 aliphatic heterocycles. The summed E-state index contributed by atoms with van der Waals surface area (Å²) < 4.78 is 0. The Kier molecular flexibility index (Phi) is 5.09. The summed E-state index contributed by atoms with van der Waals surface area (Å²) in [6, 6.07) is 0.504. The van der Waals surface area contributed by atoms with E-state index in [2.05, 4.69) is 11.8 Å². The third-order valence-corrected chi connectivity index (χ3v) is 3.55. The maximum atomic E-state index is 11.0. The summed E-state index contributed by atoms with van der Waals surface area (Å²) in [5.74, 6) is -0.777. The number of hydrogen-bond donors (Lipinski definition) is 1. The van der Waals surface area contributed by atoms with Gasteiger partial charge in [0.25, 0.3) is 0 Å². The van der Waals surface area contributed by atoms with Gasteiger partial charge in [0, 0.05) is 6.04 Å². The van der Waals surface area contributed by atoms with Crippen LogP contribution in [0.4, 0.5) is 0 Å². The van der Waals surface area contributed by atoms with Crippen LogP contribution in [0.15, 0.2) is 0 Å². The summed E-state index contributed by atoms with van der Waals surface area (Å²) in [4.78, 5) is 13.4. The Morgan fingerprint density at radius 1 is 1.47 bits per heavy atom. The molecule has 2 atom stereocenters. The molecule has 0 amide bonds. The van der Waals surface area contributed by atoms with Crippen molar-refractivity contribution in [3.63, 3.8) is 0 Å². The maximum absolute atomic E-state index is 11.0. The number of rotatable bonds is 5. The molecule has 2 unspecified atom stereocenters. The number of carbonyl (C=O) groups is 1. The van der Waals surface area contributed by atoms with Gasteiger partial charge in [0.05, 0.1) is 5.92 Å². The van der Waals surface area contributed by atoms with Crippen molar-refractivity contribution in [2.24, 2.45) is 5.92 Å². The molecular formula is C12H23NO2. The number of aliphatic carboxylic acids is 1. The molecule has 0 aliphatic carbocycles. The summed E-state index contributed by atoms with van der Waals surface area (Å²) in [6.07, 6.45) is 5.30. The van der Waals surface area contributed by atoms with Crippen LogP contribution in [0.25, 0.3) is 0 Å². The van der Waals surface area contributed by atoms with Crippen LogP contribution in [0.2, 0.25) is 0 Å². The zero-order valence-electron chi connectivity index (χ0n) is 9.91. The standard InChI is InChI=1S/C12H23NO2/c1-3-10(12(14)15)9-11-7-5-6-8-13(11)4-2/h10-11H,3-9H2,1-2H3,(H,14,15). The highest BCUT2D eigenvalue weighted by atomic mass is 16.4. The Labute approximate surface area is 92.5 Å². The average molecular weight is 213 g/mol. The average Bonchev–Trinajstić information content (AvgIpc) is 2.25. The Bertz CT molecular complexity index is 206. The number of piperidine rings is 1. The smallest absolute Gasteiger partial charge is 0.306 e. The first-order valence-electron chi connectivity index (χ1n) is 6.15. The highest BCUT2D eigenvalue weighted by Gasteiger charge is 2.26. The number of carboxylic acid groups (broad SMARTS) is 1. The predicted molar refractivity (Wildman–Crippen MR) is 60.9 cm³/mol. The van der Waals surface area contributed by atoms with Crippen LogP contribution in [0.5, 0.6) is 0 Å². The zero-order chi connectivity index (χ0) is 11.3. The molecule has 15 heavy (non-hydrogen) atoms. The molecule has 3 heteroatoms. The van der Waals surface area contributed by atoms with Gasteiger partial charge >= 0.3 is 5.97 Å². The first-order chi connectivity index (χ1) is 7.19. The Balaban J connectivity index is 2.49. The van der Waals surface area contributed by atoms with E-state index in [0.29, 0.717) is 6.04 Å². The topological polar surface area (TPSA) is 40.5 Å². The minimum Gasteiger partial charge on any atom is -0.481 e. The predicted octanol–water partition coefficient (Wildman–Crippen LogP) is 2.36. The molecule has 1 N–H and O–H groups in total. The molecule has 88 valence electrons. The molecule has 1 rings (SSSR count). The number of carboxylic acids is 1. The van der Waals surface area contributed by atoms with Gasteiger partial charge < -0.3 is 10.0 Å². The van der Waals surface area contributed by atoms with Gasteiger partial charge in [-0.05, 0) is 38.8 Å². The second kappa shape index (κ2) is 6.11. The van der Waals surface area contributed by atoms with Crippen molar-refractivity contribution in [3.8, 4) is 0 Å². The molecule has 0 spiro atoms. The van der Waals surface area contributed by atoms with Crippen LogP contribution in [0.3, 0.4) is 0 Å². The largest absolute Gasteiger partial charge is 0.481 e.